The molecule has 3 nitrogen and oxygen atoms in total. The number of para-hydroxylation sites is 1. The van der Waals surface area contributed by atoms with E-state index in [2.05, 4.69) is 33.4 Å². The third-order valence-corrected chi connectivity index (χ3v) is 3.69. The van der Waals surface area contributed by atoms with Crippen molar-refractivity contribution in [2.24, 2.45) is 4.99 Å². The molecule has 1 aliphatic rings. The van der Waals surface area contributed by atoms with Crippen molar-refractivity contribution in [2.75, 3.05) is 18.5 Å². The monoisotopic (exact) mass is 283 g/mol. The number of guanidine groups is 1. The molecule has 0 radical (unpaired) electrons. The second-order valence-electron chi connectivity index (χ2n) is 5.06. The molecule has 21 heavy (non-hydrogen) atoms. The van der Waals surface area contributed by atoms with Gasteiger partial charge in [0.15, 0.2) is 5.96 Å². The van der Waals surface area contributed by atoms with E-state index in [-0.39, 0.29) is 5.82 Å². The van der Waals surface area contributed by atoms with Crippen molar-refractivity contribution in [3.8, 4) is 0 Å². The Hall–Kier alpha value is -2.36. The summed E-state index contributed by atoms with van der Waals surface area (Å²) in [5, 5.41) is 3.31. The van der Waals surface area contributed by atoms with Crippen LogP contribution >= 0.6 is 0 Å². The molecule has 0 bridgehead atoms. The number of hydrogen-bond acceptors (Lipinski definition) is 1. The molecular weight excluding hydrogens is 265 g/mol. The van der Waals surface area contributed by atoms with Gasteiger partial charge in [0.25, 0.3) is 0 Å². The maximum absolute atomic E-state index is 13.2. The molecule has 2 aromatic rings. The Morgan fingerprint density at radius 1 is 1.24 bits per heavy atom. The molecule has 1 heterocycles. The molecule has 0 amide bonds. The minimum Gasteiger partial charge on any atom is -0.352 e. The lowest BCUT2D eigenvalue weighted by atomic mass is 10.2. The second-order valence-corrected chi connectivity index (χ2v) is 5.06. The average molecular weight is 283 g/mol. The van der Waals surface area contributed by atoms with E-state index in [9.17, 15) is 4.39 Å². The van der Waals surface area contributed by atoms with Crippen LogP contribution in [0.3, 0.4) is 0 Å². The van der Waals surface area contributed by atoms with Crippen LogP contribution in [0.1, 0.15) is 11.1 Å². The van der Waals surface area contributed by atoms with Crippen LogP contribution in [-0.2, 0) is 13.0 Å². The van der Waals surface area contributed by atoms with E-state index in [1.165, 1.54) is 23.4 Å². The molecule has 0 spiro atoms. The number of hydrogen-bond donors (Lipinski definition) is 1. The Labute approximate surface area is 124 Å². The van der Waals surface area contributed by atoms with Crippen molar-refractivity contribution in [3.63, 3.8) is 0 Å². The van der Waals surface area contributed by atoms with Gasteiger partial charge in [-0.25, -0.2) is 4.39 Å². The SMILES string of the molecule is CN=C(NCc1cccc(F)c1)N1CCc2ccccc21. The molecule has 0 aromatic heterocycles. The quantitative estimate of drug-likeness (QED) is 0.678. The number of benzene rings is 2. The lowest BCUT2D eigenvalue weighted by Gasteiger charge is -2.22. The van der Waals surface area contributed by atoms with Gasteiger partial charge in [-0.3, -0.25) is 4.99 Å². The molecule has 1 N–H and O–H groups in total. The fourth-order valence-corrected chi connectivity index (χ4v) is 2.68. The van der Waals surface area contributed by atoms with E-state index in [0.29, 0.717) is 6.54 Å². The van der Waals surface area contributed by atoms with Gasteiger partial charge in [-0.15, -0.1) is 0 Å². The molecular formula is C17H18FN3. The van der Waals surface area contributed by atoms with Crippen molar-refractivity contribution in [2.45, 2.75) is 13.0 Å². The molecule has 3 rings (SSSR count). The zero-order chi connectivity index (χ0) is 14.7. The zero-order valence-electron chi connectivity index (χ0n) is 12.0. The molecule has 4 heteroatoms. The first-order chi connectivity index (χ1) is 10.3. The third-order valence-electron chi connectivity index (χ3n) is 3.69. The lowest BCUT2D eigenvalue weighted by Crippen LogP contribution is -2.40. The maximum atomic E-state index is 13.2. The summed E-state index contributed by atoms with van der Waals surface area (Å²) in [4.78, 5) is 6.52. The van der Waals surface area contributed by atoms with Gasteiger partial charge in [0.05, 0.1) is 0 Å². The fourth-order valence-electron chi connectivity index (χ4n) is 2.68. The van der Waals surface area contributed by atoms with Gasteiger partial charge in [-0.2, -0.15) is 0 Å². The van der Waals surface area contributed by atoms with Crippen LogP contribution in [0.15, 0.2) is 53.5 Å². The van der Waals surface area contributed by atoms with E-state index in [4.69, 9.17) is 0 Å². The summed E-state index contributed by atoms with van der Waals surface area (Å²) in [6.45, 7) is 1.48. The first-order valence-corrected chi connectivity index (χ1v) is 7.08. The van der Waals surface area contributed by atoms with Crippen LogP contribution in [0.2, 0.25) is 0 Å². The van der Waals surface area contributed by atoms with Gasteiger partial charge in [0, 0.05) is 25.8 Å². The number of nitrogens with one attached hydrogen (secondary N) is 1. The summed E-state index contributed by atoms with van der Waals surface area (Å²) in [6, 6.07) is 15.0. The predicted molar refractivity (Wildman–Crippen MR) is 84.1 cm³/mol. The molecule has 2 aromatic carbocycles. The minimum atomic E-state index is -0.212. The minimum absolute atomic E-state index is 0.212. The normalized spacial score (nSPS) is 14.2. The fraction of sp³-hybridized carbons (Fsp3) is 0.235. The molecule has 0 atom stereocenters. The molecule has 0 fully saturated rings. The molecule has 0 unspecified atom stereocenters. The van der Waals surface area contributed by atoms with Crippen molar-refractivity contribution >= 4 is 11.6 Å². The Balaban J connectivity index is 1.73. The van der Waals surface area contributed by atoms with Crippen LogP contribution in [-0.4, -0.2) is 19.6 Å². The number of aliphatic imine (C=N–C) groups is 1. The lowest BCUT2D eigenvalue weighted by molar-refractivity contribution is 0.624. The van der Waals surface area contributed by atoms with Gasteiger partial charge in [0.1, 0.15) is 5.82 Å². The third kappa shape index (κ3) is 2.89. The second kappa shape index (κ2) is 5.95. The largest absolute Gasteiger partial charge is 0.352 e. The van der Waals surface area contributed by atoms with Crippen molar-refractivity contribution < 1.29 is 4.39 Å². The number of nitrogens with zero attached hydrogens (tertiary/aromatic N) is 2. The van der Waals surface area contributed by atoms with Gasteiger partial charge in [-0.05, 0) is 35.7 Å². The molecule has 0 saturated carbocycles. The van der Waals surface area contributed by atoms with Crippen LogP contribution in [0.4, 0.5) is 10.1 Å². The van der Waals surface area contributed by atoms with E-state index < -0.39 is 0 Å². The highest BCUT2D eigenvalue weighted by atomic mass is 19.1. The topological polar surface area (TPSA) is 27.6 Å². The highest BCUT2D eigenvalue weighted by molar-refractivity contribution is 5.97. The van der Waals surface area contributed by atoms with Gasteiger partial charge >= 0.3 is 0 Å². The standard InChI is InChI=1S/C17H18FN3/c1-19-17(20-12-13-5-4-7-15(18)11-13)21-10-9-14-6-2-3-8-16(14)21/h2-8,11H,9-10,12H2,1H3,(H,19,20). The Kier molecular flexibility index (Phi) is 3.86. The predicted octanol–water partition coefficient (Wildman–Crippen LogP) is 2.96. The summed E-state index contributed by atoms with van der Waals surface area (Å²) in [5.41, 5.74) is 3.44. The highest BCUT2D eigenvalue weighted by Crippen LogP contribution is 2.27. The van der Waals surface area contributed by atoms with E-state index in [1.54, 1.807) is 13.1 Å². The van der Waals surface area contributed by atoms with Crippen molar-refractivity contribution in [1.82, 2.24) is 5.32 Å². The summed E-state index contributed by atoms with van der Waals surface area (Å²) in [6.07, 6.45) is 1.02. The molecule has 0 saturated heterocycles. The smallest absolute Gasteiger partial charge is 0.198 e. The summed E-state index contributed by atoms with van der Waals surface area (Å²) in [7, 11) is 1.77. The van der Waals surface area contributed by atoms with Crippen LogP contribution < -0.4 is 10.2 Å². The van der Waals surface area contributed by atoms with Gasteiger partial charge < -0.3 is 10.2 Å². The summed E-state index contributed by atoms with van der Waals surface area (Å²) in [5.74, 6) is 0.611. The summed E-state index contributed by atoms with van der Waals surface area (Å²) >= 11 is 0. The van der Waals surface area contributed by atoms with Gasteiger partial charge in [0.2, 0.25) is 0 Å². The molecule has 0 aliphatic carbocycles. The molecule has 1 aliphatic heterocycles. The van der Waals surface area contributed by atoms with Crippen LogP contribution in [0, 0.1) is 5.82 Å². The first-order valence-electron chi connectivity index (χ1n) is 7.08. The number of rotatable bonds is 2. The van der Waals surface area contributed by atoms with Crippen molar-refractivity contribution in [1.29, 1.82) is 0 Å². The number of fused-ring (bicyclic) bond motifs is 1. The van der Waals surface area contributed by atoms with Crippen LogP contribution in [0.25, 0.3) is 0 Å². The first kappa shape index (κ1) is 13.6. The number of anilines is 1. The summed E-state index contributed by atoms with van der Waals surface area (Å²) < 4.78 is 13.2. The Morgan fingerprint density at radius 3 is 2.90 bits per heavy atom. The average Bonchev–Trinajstić information content (AvgIpc) is 2.92. The number of halogens is 1. The van der Waals surface area contributed by atoms with E-state index in [0.717, 1.165) is 24.5 Å². The van der Waals surface area contributed by atoms with E-state index >= 15 is 0 Å². The highest BCUT2D eigenvalue weighted by Gasteiger charge is 2.22. The molecule has 108 valence electrons. The van der Waals surface area contributed by atoms with E-state index in [1.807, 2.05) is 12.1 Å². The van der Waals surface area contributed by atoms with Crippen LogP contribution in [0.5, 0.6) is 0 Å². The Bertz CT molecular complexity index is 667. The zero-order valence-corrected chi connectivity index (χ0v) is 12.0. The van der Waals surface area contributed by atoms with Gasteiger partial charge in [-0.1, -0.05) is 30.3 Å². The maximum Gasteiger partial charge on any atom is 0.198 e. The Morgan fingerprint density at radius 2 is 2.10 bits per heavy atom. The van der Waals surface area contributed by atoms with Crippen molar-refractivity contribution in [3.05, 3.63) is 65.5 Å².